The average Bonchev–Trinajstić information content (AvgIpc) is 2.66. The van der Waals surface area contributed by atoms with Crippen LogP contribution in [0.4, 0.5) is 0 Å². The Morgan fingerprint density at radius 1 is 1.25 bits per heavy atom. The van der Waals surface area contributed by atoms with E-state index >= 15 is 0 Å². The van der Waals surface area contributed by atoms with E-state index < -0.39 is 0 Å². The summed E-state index contributed by atoms with van der Waals surface area (Å²) in [5.41, 5.74) is 0.00624. The Labute approximate surface area is 98.8 Å². The highest BCUT2D eigenvalue weighted by Gasteiger charge is 2.12. The van der Waals surface area contributed by atoms with Crippen LogP contribution in [0.25, 0.3) is 0 Å². The molecule has 0 aromatic carbocycles. The molecular weight excluding hydrogens is 202 g/mol. The lowest BCUT2D eigenvalue weighted by atomic mass is 10.1. The number of carbonyl (C=O) groups excluding carboxylic acids is 1. The van der Waals surface area contributed by atoms with Crippen molar-refractivity contribution in [2.75, 3.05) is 32.7 Å². The van der Waals surface area contributed by atoms with Crippen LogP contribution in [0, 0.1) is 0 Å². The van der Waals surface area contributed by atoms with Gasteiger partial charge in [-0.05, 0) is 46.7 Å². The van der Waals surface area contributed by atoms with Crippen molar-refractivity contribution in [3.05, 3.63) is 0 Å². The van der Waals surface area contributed by atoms with Crippen molar-refractivity contribution in [1.29, 1.82) is 0 Å². The van der Waals surface area contributed by atoms with Gasteiger partial charge in [0.25, 0.3) is 0 Å². The first-order chi connectivity index (χ1) is 7.47. The minimum absolute atomic E-state index is 0.00624. The van der Waals surface area contributed by atoms with Crippen LogP contribution in [0.2, 0.25) is 0 Å². The van der Waals surface area contributed by atoms with Crippen molar-refractivity contribution in [2.24, 2.45) is 0 Å². The second-order valence-electron chi connectivity index (χ2n) is 5.50. The molecule has 0 saturated carbocycles. The zero-order chi connectivity index (χ0) is 12.0. The normalized spacial score (nSPS) is 17.7. The van der Waals surface area contributed by atoms with Gasteiger partial charge >= 0.3 is 0 Å². The average molecular weight is 227 g/mol. The second kappa shape index (κ2) is 6.21. The fraction of sp³-hybridized carbons (Fsp3) is 0.917. The highest BCUT2D eigenvalue weighted by Crippen LogP contribution is 2.05. The van der Waals surface area contributed by atoms with Gasteiger partial charge in [-0.2, -0.15) is 0 Å². The zero-order valence-electron chi connectivity index (χ0n) is 10.8. The van der Waals surface area contributed by atoms with Crippen LogP contribution in [0.1, 0.15) is 33.6 Å². The molecule has 1 amide bonds. The Bertz CT molecular complexity index is 217. The van der Waals surface area contributed by atoms with E-state index in [2.05, 4.69) is 36.3 Å². The Hall–Kier alpha value is -0.610. The number of hydrogen-bond acceptors (Lipinski definition) is 3. The summed E-state index contributed by atoms with van der Waals surface area (Å²) in [7, 11) is 0. The molecule has 0 atom stereocenters. The van der Waals surface area contributed by atoms with Gasteiger partial charge in [0.2, 0.25) is 5.91 Å². The number of nitrogens with one attached hydrogen (secondary N) is 2. The standard InChI is InChI=1S/C12H25N3O/c1-12(2,3)14-10-11(16)13-6-9-15-7-4-5-8-15/h14H,4-10H2,1-3H3,(H,13,16). The number of rotatable bonds is 5. The van der Waals surface area contributed by atoms with Gasteiger partial charge in [0, 0.05) is 18.6 Å². The largest absolute Gasteiger partial charge is 0.354 e. The summed E-state index contributed by atoms with van der Waals surface area (Å²) in [6.45, 7) is 10.7. The lowest BCUT2D eigenvalue weighted by Gasteiger charge is -2.20. The lowest BCUT2D eigenvalue weighted by Crippen LogP contribution is -2.44. The zero-order valence-corrected chi connectivity index (χ0v) is 10.8. The van der Waals surface area contributed by atoms with Crippen LogP contribution in [-0.2, 0) is 4.79 Å². The number of carbonyl (C=O) groups is 1. The molecule has 0 aliphatic carbocycles. The van der Waals surface area contributed by atoms with E-state index in [9.17, 15) is 4.79 Å². The molecule has 0 aromatic heterocycles. The fourth-order valence-electron chi connectivity index (χ4n) is 1.77. The van der Waals surface area contributed by atoms with Crippen LogP contribution < -0.4 is 10.6 Å². The van der Waals surface area contributed by atoms with Crippen LogP contribution in [-0.4, -0.2) is 49.1 Å². The number of amides is 1. The molecule has 1 heterocycles. The van der Waals surface area contributed by atoms with Crippen LogP contribution >= 0.6 is 0 Å². The van der Waals surface area contributed by atoms with Gasteiger partial charge in [-0.25, -0.2) is 0 Å². The molecule has 1 aliphatic rings. The third kappa shape index (κ3) is 6.08. The monoisotopic (exact) mass is 227 g/mol. The van der Waals surface area contributed by atoms with Crippen LogP contribution in [0.15, 0.2) is 0 Å². The molecule has 1 aliphatic heterocycles. The first kappa shape index (κ1) is 13.5. The summed E-state index contributed by atoms with van der Waals surface area (Å²) in [6, 6.07) is 0. The SMILES string of the molecule is CC(C)(C)NCC(=O)NCCN1CCCC1. The van der Waals surface area contributed by atoms with Crippen LogP contribution in [0.3, 0.4) is 0 Å². The van der Waals surface area contributed by atoms with E-state index in [-0.39, 0.29) is 11.4 Å². The Balaban J connectivity index is 2.01. The van der Waals surface area contributed by atoms with Gasteiger partial charge < -0.3 is 15.5 Å². The molecule has 1 saturated heterocycles. The lowest BCUT2D eigenvalue weighted by molar-refractivity contribution is -0.120. The van der Waals surface area contributed by atoms with E-state index in [1.165, 1.54) is 25.9 Å². The Morgan fingerprint density at radius 3 is 2.44 bits per heavy atom. The maximum Gasteiger partial charge on any atom is 0.234 e. The molecule has 16 heavy (non-hydrogen) atoms. The number of nitrogens with zero attached hydrogens (tertiary/aromatic N) is 1. The molecule has 0 spiro atoms. The number of likely N-dealkylation sites (tertiary alicyclic amines) is 1. The Morgan fingerprint density at radius 2 is 1.88 bits per heavy atom. The molecule has 0 radical (unpaired) electrons. The maximum absolute atomic E-state index is 11.5. The van der Waals surface area contributed by atoms with Crippen molar-refractivity contribution in [2.45, 2.75) is 39.2 Å². The first-order valence-corrected chi connectivity index (χ1v) is 6.21. The van der Waals surface area contributed by atoms with E-state index in [0.29, 0.717) is 6.54 Å². The smallest absolute Gasteiger partial charge is 0.234 e. The van der Waals surface area contributed by atoms with E-state index in [4.69, 9.17) is 0 Å². The highest BCUT2D eigenvalue weighted by molar-refractivity contribution is 5.78. The molecule has 1 rings (SSSR count). The van der Waals surface area contributed by atoms with Crippen molar-refractivity contribution in [3.63, 3.8) is 0 Å². The van der Waals surface area contributed by atoms with E-state index in [0.717, 1.165) is 13.1 Å². The molecular formula is C12H25N3O. The summed E-state index contributed by atoms with van der Waals surface area (Å²) in [5.74, 6) is 0.0918. The molecule has 4 nitrogen and oxygen atoms in total. The summed E-state index contributed by atoms with van der Waals surface area (Å²) in [4.78, 5) is 13.9. The van der Waals surface area contributed by atoms with Crippen molar-refractivity contribution < 1.29 is 4.79 Å². The summed E-state index contributed by atoms with van der Waals surface area (Å²) in [6.07, 6.45) is 2.61. The predicted molar refractivity (Wildman–Crippen MR) is 66.4 cm³/mol. The van der Waals surface area contributed by atoms with E-state index in [1.807, 2.05) is 0 Å². The molecule has 0 aromatic rings. The minimum atomic E-state index is 0.00624. The first-order valence-electron chi connectivity index (χ1n) is 6.21. The van der Waals surface area contributed by atoms with Gasteiger partial charge in [0.15, 0.2) is 0 Å². The highest BCUT2D eigenvalue weighted by atomic mass is 16.1. The molecule has 0 unspecified atom stereocenters. The van der Waals surface area contributed by atoms with Crippen molar-refractivity contribution in [1.82, 2.24) is 15.5 Å². The molecule has 4 heteroatoms. The van der Waals surface area contributed by atoms with Gasteiger partial charge in [0.05, 0.1) is 6.54 Å². The van der Waals surface area contributed by atoms with E-state index in [1.54, 1.807) is 0 Å². The summed E-state index contributed by atoms with van der Waals surface area (Å²) in [5, 5.41) is 6.11. The van der Waals surface area contributed by atoms with Gasteiger partial charge in [-0.15, -0.1) is 0 Å². The minimum Gasteiger partial charge on any atom is -0.354 e. The molecule has 94 valence electrons. The quantitative estimate of drug-likeness (QED) is 0.722. The third-order valence-corrected chi connectivity index (χ3v) is 2.73. The molecule has 2 N–H and O–H groups in total. The maximum atomic E-state index is 11.5. The van der Waals surface area contributed by atoms with Crippen molar-refractivity contribution >= 4 is 5.91 Å². The third-order valence-electron chi connectivity index (χ3n) is 2.73. The second-order valence-corrected chi connectivity index (χ2v) is 5.50. The Kier molecular flexibility index (Phi) is 5.22. The summed E-state index contributed by atoms with van der Waals surface area (Å²) < 4.78 is 0. The van der Waals surface area contributed by atoms with Crippen LogP contribution in [0.5, 0.6) is 0 Å². The van der Waals surface area contributed by atoms with Gasteiger partial charge in [-0.1, -0.05) is 0 Å². The van der Waals surface area contributed by atoms with Gasteiger partial charge in [0.1, 0.15) is 0 Å². The summed E-state index contributed by atoms with van der Waals surface area (Å²) >= 11 is 0. The van der Waals surface area contributed by atoms with Crippen molar-refractivity contribution in [3.8, 4) is 0 Å². The topological polar surface area (TPSA) is 44.4 Å². The van der Waals surface area contributed by atoms with Gasteiger partial charge in [-0.3, -0.25) is 4.79 Å². The number of hydrogen-bond donors (Lipinski definition) is 2. The molecule has 1 fully saturated rings. The molecule has 0 bridgehead atoms. The predicted octanol–water partition coefficient (Wildman–Crippen LogP) is 0.587. The fourth-order valence-corrected chi connectivity index (χ4v) is 1.77.